The molecule has 4 N–H and O–H groups in total. The van der Waals surface area contributed by atoms with Gasteiger partial charge in [0.05, 0.1) is 13.2 Å². The molecule has 0 bridgehead atoms. The maximum absolute atomic E-state index is 11.6. The predicted octanol–water partition coefficient (Wildman–Crippen LogP) is 2.70. The second-order valence-corrected chi connectivity index (χ2v) is 6.17. The van der Waals surface area contributed by atoms with Gasteiger partial charge in [-0.15, -0.1) is 0 Å². The van der Waals surface area contributed by atoms with Crippen molar-refractivity contribution in [1.29, 1.82) is 0 Å². The van der Waals surface area contributed by atoms with Crippen molar-refractivity contribution in [3.8, 4) is 5.75 Å². The van der Waals surface area contributed by atoms with Crippen LogP contribution in [0.3, 0.4) is 0 Å². The summed E-state index contributed by atoms with van der Waals surface area (Å²) in [6.45, 7) is 5.74. The van der Waals surface area contributed by atoms with Gasteiger partial charge in [0.1, 0.15) is 11.4 Å². The van der Waals surface area contributed by atoms with Crippen molar-refractivity contribution in [2.45, 2.75) is 32.4 Å². The number of hydrogen-bond acceptors (Lipinski definition) is 4. The van der Waals surface area contributed by atoms with Crippen molar-refractivity contribution >= 4 is 17.0 Å². The van der Waals surface area contributed by atoms with Crippen LogP contribution >= 0.6 is 0 Å². The number of ether oxygens (including phenoxy) is 2. The van der Waals surface area contributed by atoms with Gasteiger partial charge in [-0.1, -0.05) is 0 Å². The highest BCUT2D eigenvalue weighted by molar-refractivity contribution is 5.82. The summed E-state index contributed by atoms with van der Waals surface area (Å²) in [6, 6.07) is 7.39. The minimum absolute atomic E-state index is 0.291. The van der Waals surface area contributed by atoms with Gasteiger partial charge in [-0.25, -0.2) is 4.79 Å². The number of aromatic amines is 1. The molecule has 0 aliphatic rings. The van der Waals surface area contributed by atoms with Gasteiger partial charge in [-0.2, -0.15) is 0 Å². The molecule has 0 saturated heterocycles. The number of fused-ring (bicyclic) bond motifs is 1. The first-order valence-electron chi connectivity index (χ1n) is 7.17. The number of alkyl carbamates (subject to hydrolysis) is 1. The molecule has 1 amide bonds. The summed E-state index contributed by atoms with van der Waals surface area (Å²) < 4.78 is 10.4. The zero-order chi connectivity index (χ0) is 16.3. The highest BCUT2D eigenvalue weighted by atomic mass is 16.6. The smallest absolute Gasteiger partial charge is 0.407 e. The van der Waals surface area contributed by atoms with Crippen LogP contribution in [0, 0.1) is 0 Å². The summed E-state index contributed by atoms with van der Waals surface area (Å²) in [5, 5.41) is 3.72. The van der Waals surface area contributed by atoms with Crippen molar-refractivity contribution in [3.63, 3.8) is 0 Å². The van der Waals surface area contributed by atoms with Crippen LogP contribution < -0.4 is 15.8 Å². The van der Waals surface area contributed by atoms with Gasteiger partial charge in [-0.3, -0.25) is 0 Å². The molecule has 0 aliphatic heterocycles. The highest BCUT2D eigenvalue weighted by Gasteiger charge is 2.17. The average molecular weight is 305 g/mol. The summed E-state index contributed by atoms with van der Waals surface area (Å²) in [6.07, 6.45) is -0.472. The van der Waals surface area contributed by atoms with E-state index in [9.17, 15) is 4.79 Å². The van der Waals surface area contributed by atoms with Crippen LogP contribution in [-0.2, 0) is 4.74 Å². The zero-order valence-electron chi connectivity index (χ0n) is 13.4. The Bertz CT molecular complexity index is 658. The van der Waals surface area contributed by atoms with Crippen LogP contribution in [0.25, 0.3) is 10.9 Å². The number of benzene rings is 1. The fourth-order valence-corrected chi connectivity index (χ4v) is 2.07. The lowest BCUT2D eigenvalue weighted by Gasteiger charge is -2.20. The zero-order valence-corrected chi connectivity index (χ0v) is 13.4. The van der Waals surface area contributed by atoms with Gasteiger partial charge < -0.3 is 25.5 Å². The second kappa shape index (κ2) is 6.27. The van der Waals surface area contributed by atoms with Crippen LogP contribution in [0.1, 0.15) is 32.5 Å². The molecule has 6 nitrogen and oxygen atoms in total. The molecular weight excluding hydrogens is 282 g/mol. The Kier molecular flexibility index (Phi) is 4.61. The summed E-state index contributed by atoms with van der Waals surface area (Å²) in [4.78, 5) is 14.9. The maximum Gasteiger partial charge on any atom is 0.407 e. The van der Waals surface area contributed by atoms with Gasteiger partial charge in [0.15, 0.2) is 0 Å². The average Bonchev–Trinajstić information content (AvgIpc) is 2.85. The number of carbonyl (C=O) groups is 1. The molecule has 1 aromatic carbocycles. The number of nitrogens with one attached hydrogen (secondary N) is 2. The van der Waals surface area contributed by atoms with Crippen LogP contribution in [0.5, 0.6) is 5.75 Å². The standard InChI is InChI=1S/C16H23N3O3/c1-16(2,3)22-15(20)18-9-12(17)14-7-10-5-6-11(21-4)8-13(10)19-14/h5-8,12,19H,9,17H2,1-4H3,(H,18,20). The Hall–Kier alpha value is -2.21. The first-order chi connectivity index (χ1) is 10.3. The number of carbonyl (C=O) groups excluding carboxylic acids is 1. The molecule has 1 atom stereocenters. The number of amides is 1. The molecule has 0 spiro atoms. The quantitative estimate of drug-likeness (QED) is 0.810. The van der Waals surface area contributed by atoms with E-state index in [4.69, 9.17) is 15.2 Å². The summed E-state index contributed by atoms with van der Waals surface area (Å²) in [5.41, 5.74) is 7.38. The van der Waals surface area contributed by atoms with Gasteiger partial charge in [0.25, 0.3) is 0 Å². The lowest BCUT2D eigenvalue weighted by Crippen LogP contribution is -2.36. The second-order valence-electron chi connectivity index (χ2n) is 6.17. The number of nitrogens with two attached hydrogens (primary N) is 1. The largest absolute Gasteiger partial charge is 0.497 e. The number of aromatic nitrogens is 1. The Morgan fingerprint density at radius 1 is 1.36 bits per heavy atom. The minimum atomic E-state index is -0.522. The van der Waals surface area contributed by atoms with E-state index in [0.717, 1.165) is 22.3 Å². The molecule has 1 aromatic heterocycles. The molecule has 2 aromatic rings. The normalized spacial score (nSPS) is 13.0. The molecule has 0 fully saturated rings. The Morgan fingerprint density at radius 2 is 2.09 bits per heavy atom. The highest BCUT2D eigenvalue weighted by Crippen LogP contribution is 2.23. The van der Waals surface area contributed by atoms with E-state index in [-0.39, 0.29) is 6.04 Å². The fourth-order valence-electron chi connectivity index (χ4n) is 2.07. The summed E-state index contributed by atoms with van der Waals surface area (Å²) >= 11 is 0. The van der Waals surface area contributed by atoms with E-state index in [1.54, 1.807) is 7.11 Å². The van der Waals surface area contributed by atoms with Gasteiger partial charge in [-0.05, 0) is 44.4 Å². The maximum atomic E-state index is 11.6. The molecular formula is C16H23N3O3. The van der Waals surface area contributed by atoms with Crippen LogP contribution in [0.4, 0.5) is 4.79 Å². The first-order valence-corrected chi connectivity index (χ1v) is 7.17. The van der Waals surface area contributed by atoms with Gasteiger partial charge in [0, 0.05) is 23.8 Å². The van der Waals surface area contributed by atoms with Crippen LogP contribution in [0.2, 0.25) is 0 Å². The fraction of sp³-hybridized carbons (Fsp3) is 0.438. The van der Waals surface area contributed by atoms with Crippen molar-refractivity contribution in [2.75, 3.05) is 13.7 Å². The third-order valence-electron chi connectivity index (χ3n) is 3.12. The molecule has 22 heavy (non-hydrogen) atoms. The van der Waals surface area contributed by atoms with Crippen molar-refractivity contribution in [3.05, 3.63) is 30.0 Å². The number of rotatable bonds is 4. The Balaban J connectivity index is 2.00. The number of H-pyrrole nitrogens is 1. The van der Waals surface area contributed by atoms with Crippen molar-refractivity contribution < 1.29 is 14.3 Å². The predicted molar refractivity (Wildman–Crippen MR) is 86.0 cm³/mol. The van der Waals surface area contributed by atoms with Crippen molar-refractivity contribution in [2.24, 2.45) is 5.73 Å². The number of methoxy groups -OCH3 is 1. The van der Waals surface area contributed by atoms with E-state index < -0.39 is 11.7 Å². The molecule has 2 rings (SSSR count). The summed E-state index contributed by atoms with van der Waals surface area (Å²) in [5.74, 6) is 0.779. The monoisotopic (exact) mass is 305 g/mol. The Morgan fingerprint density at radius 3 is 2.73 bits per heavy atom. The van der Waals surface area contributed by atoms with Gasteiger partial charge >= 0.3 is 6.09 Å². The van der Waals surface area contributed by atoms with Crippen LogP contribution in [-0.4, -0.2) is 30.3 Å². The van der Waals surface area contributed by atoms with E-state index >= 15 is 0 Å². The molecule has 1 unspecified atom stereocenters. The van der Waals surface area contributed by atoms with E-state index in [2.05, 4.69) is 10.3 Å². The molecule has 6 heteroatoms. The molecule has 0 radical (unpaired) electrons. The van der Waals surface area contributed by atoms with Crippen LogP contribution in [0.15, 0.2) is 24.3 Å². The SMILES string of the molecule is COc1ccc2cc(C(N)CNC(=O)OC(C)(C)C)[nH]c2c1. The molecule has 1 heterocycles. The van der Waals surface area contributed by atoms with E-state index in [1.807, 2.05) is 45.0 Å². The van der Waals surface area contributed by atoms with E-state index in [0.29, 0.717) is 6.54 Å². The molecule has 120 valence electrons. The minimum Gasteiger partial charge on any atom is -0.497 e. The third kappa shape index (κ3) is 4.14. The van der Waals surface area contributed by atoms with Gasteiger partial charge in [0.2, 0.25) is 0 Å². The molecule has 0 saturated carbocycles. The number of hydrogen-bond donors (Lipinski definition) is 3. The molecule has 0 aliphatic carbocycles. The van der Waals surface area contributed by atoms with E-state index in [1.165, 1.54) is 0 Å². The first kappa shape index (κ1) is 16.2. The lowest BCUT2D eigenvalue weighted by molar-refractivity contribution is 0.0524. The third-order valence-corrected chi connectivity index (χ3v) is 3.12. The lowest BCUT2D eigenvalue weighted by atomic mass is 10.2. The Labute approximate surface area is 130 Å². The topological polar surface area (TPSA) is 89.4 Å². The summed E-state index contributed by atoms with van der Waals surface area (Å²) in [7, 11) is 1.63. The van der Waals surface area contributed by atoms with Crippen molar-refractivity contribution in [1.82, 2.24) is 10.3 Å².